The smallest absolute Gasteiger partial charge is 0.207 e. The Morgan fingerprint density at radius 2 is 2.00 bits per heavy atom. The van der Waals surface area contributed by atoms with E-state index in [2.05, 4.69) is 22.9 Å². The first kappa shape index (κ1) is 15.3. The Balaban J connectivity index is 2.14. The van der Waals surface area contributed by atoms with Gasteiger partial charge in [0.2, 0.25) is 10.0 Å². The molecule has 0 aromatic heterocycles. The van der Waals surface area contributed by atoms with E-state index in [-0.39, 0.29) is 4.90 Å². The van der Waals surface area contributed by atoms with E-state index >= 15 is 0 Å². The molecule has 106 valence electrons. The number of benzene rings is 1. The summed E-state index contributed by atoms with van der Waals surface area (Å²) in [5, 5.41) is 0.449. The molecule has 3 nitrogen and oxygen atoms in total. The third-order valence-electron chi connectivity index (χ3n) is 3.58. The van der Waals surface area contributed by atoms with Crippen LogP contribution in [0.4, 0.5) is 0 Å². The van der Waals surface area contributed by atoms with Crippen molar-refractivity contribution in [2.24, 2.45) is 5.92 Å². The fraction of sp³-hybridized carbons (Fsp3) is 0.538. The highest BCUT2D eigenvalue weighted by Gasteiger charge is 2.30. The minimum absolute atomic E-state index is 0.283. The van der Waals surface area contributed by atoms with Crippen LogP contribution in [0.3, 0.4) is 0 Å². The molecule has 0 saturated carbocycles. The summed E-state index contributed by atoms with van der Waals surface area (Å²) in [6.45, 7) is 3.27. The van der Waals surface area contributed by atoms with Crippen LogP contribution in [0.25, 0.3) is 0 Å². The number of hydrogen-bond acceptors (Lipinski definition) is 2. The van der Waals surface area contributed by atoms with Crippen LogP contribution >= 0.6 is 27.5 Å². The van der Waals surface area contributed by atoms with Crippen molar-refractivity contribution in [3.63, 3.8) is 0 Å². The molecule has 0 bridgehead atoms. The first-order chi connectivity index (χ1) is 8.91. The molecule has 1 atom stereocenters. The molecule has 2 rings (SSSR count). The van der Waals surface area contributed by atoms with Crippen LogP contribution in [0, 0.1) is 5.92 Å². The van der Waals surface area contributed by atoms with E-state index in [0.717, 1.165) is 12.8 Å². The molecule has 1 saturated heterocycles. The van der Waals surface area contributed by atoms with Crippen LogP contribution in [0.15, 0.2) is 29.2 Å². The van der Waals surface area contributed by atoms with Gasteiger partial charge in [0.15, 0.2) is 0 Å². The predicted molar refractivity (Wildman–Crippen MR) is 81.3 cm³/mol. The lowest BCUT2D eigenvalue weighted by Crippen LogP contribution is -2.39. The summed E-state index contributed by atoms with van der Waals surface area (Å²) in [5.74, 6) is 0.547. The quantitative estimate of drug-likeness (QED) is 0.768. The fourth-order valence-electron chi connectivity index (χ4n) is 2.35. The zero-order chi connectivity index (χ0) is 14.0. The highest BCUT2D eigenvalue weighted by Crippen LogP contribution is 2.28. The highest BCUT2D eigenvalue weighted by atomic mass is 79.9. The van der Waals surface area contributed by atoms with Gasteiger partial charge in [-0.05, 0) is 37.0 Å². The Bertz CT molecular complexity index is 539. The van der Waals surface area contributed by atoms with E-state index in [1.165, 1.54) is 6.07 Å². The monoisotopic (exact) mass is 365 g/mol. The molecule has 1 aromatic carbocycles. The molecule has 1 heterocycles. The van der Waals surface area contributed by atoms with Gasteiger partial charge in [0.05, 0.1) is 4.90 Å². The molecule has 1 aliphatic rings. The van der Waals surface area contributed by atoms with E-state index in [0.29, 0.717) is 28.9 Å². The molecule has 0 N–H and O–H groups in total. The van der Waals surface area contributed by atoms with Gasteiger partial charge in [0.25, 0.3) is 0 Å². The molecule has 0 aliphatic carbocycles. The lowest BCUT2D eigenvalue weighted by Gasteiger charge is -2.32. The largest absolute Gasteiger partial charge is 0.243 e. The summed E-state index contributed by atoms with van der Waals surface area (Å²) < 4.78 is 26.5. The van der Waals surface area contributed by atoms with Gasteiger partial charge in [0, 0.05) is 22.9 Å². The van der Waals surface area contributed by atoms with Gasteiger partial charge in [-0.25, -0.2) is 8.42 Å². The zero-order valence-corrected chi connectivity index (χ0v) is 13.9. The Morgan fingerprint density at radius 1 is 1.37 bits per heavy atom. The number of alkyl halides is 1. The normalized spacial score (nSPS) is 20.4. The number of sulfonamides is 1. The first-order valence-corrected chi connectivity index (χ1v) is 9.04. The second-order valence-electron chi connectivity index (χ2n) is 4.88. The van der Waals surface area contributed by atoms with Crippen molar-refractivity contribution in [3.05, 3.63) is 29.3 Å². The van der Waals surface area contributed by atoms with E-state index in [4.69, 9.17) is 11.6 Å². The summed E-state index contributed by atoms with van der Waals surface area (Å²) in [6.07, 6.45) is 1.79. The van der Waals surface area contributed by atoms with E-state index in [9.17, 15) is 8.42 Å². The van der Waals surface area contributed by atoms with Gasteiger partial charge in [0.1, 0.15) is 0 Å². The lowest BCUT2D eigenvalue weighted by atomic mass is 9.96. The molecule has 0 radical (unpaired) electrons. The molecule has 1 fully saturated rings. The van der Waals surface area contributed by atoms with Crippen LogP contribution < -0.4 is 0 Å². The third-order valence-corrected chi connectivity index (χ3v) is 6.46. The number of halogens is 2. The predicted octanol–water partition coefficient (Wildman–Crippen LogP) is 3.52. The molecular weight excluding hydrogens is 350 g/mol. The van der Waals surface area contributed by atoms with Gasteiger partial charge in [-0.15, -0.1) is 0 Å². The minimum Gasteiger partial charge on any atom is -0.207 e. The fourth-order valence-corrected chi connectivity index (χ4v) is 4.65. The Labute approximate surface area is 128 Å². The van der Waals surface area contributed by atoms with E-state index in [1.807, 2.05) is 0 Å². The average molecular weight is 367 g/mol. The zero-order valence-electron chi connectivity index (χ0n) is 10.7. The number of piperidine rings is 1. The van der Waals surface area contributed by atoms with Crippen LogP contribution in [-0.4, -0.2) is 30.6 Å². The summed E-state index contributed by atoms with van der Waals surface area (Å²) in [4.78, 5) is 0.717. The Kier molecular flexibility index (Phi) is 4.93. The van der Waals surface area contributed by atoms with Crippen molar-refractivity contribution in [2.45, 2.75) is 29.5 Å². The van der Waals surface area contributed by atoms with Crippen molar-refractivity contribution in [2.75, 3.05) is 13.1 Å². The summed E-state index contributed by atoms with van der Waals surface area (Å²) in [6, 6.07) is 6.46. The lowest BCUT2D eigenvalue weighted by molar-refractivity contribution is 0.275. The van der Waals surface area contributed by atoms with Gasteiger partial charge in [-0.2, -0.15) is 4.31 Å². The van der Waals surface area contributed by atoms with Crippen LogP contribution in [-0.2, 0) is 10.0 Å². The van der Waals surface area contributed by atoms with Crippen molar-refractivity contribution >= 4 is 37.6 Å². The minimum atomic E-state index is -3.40. The topological polar surface area (TPSA) is 37.4 Å². The van der Waals surface area contributed by atoms with Gasteiger partial charge >= 0.3 is 0 Å². The molecular formula is C13H17BrClNO2S. The van der Waals surface area contributed by atoms with Gasteiger partial charge in [-0.1, -0.05) is 40.5 Å². The standard InChI is InChI=1S/C13H17BrClNO2S/c1-10(14)11-5-7-16(8-6-11)19(17,18)13-4-2-3-12(15)9-13/h2-4,9-11H,5-8H2,1H3. The number of nitrogens with zero attached hydrogens (tertiary/aromatic N) is 1. The summed E-state index contributed by atoms with van der Waals surface area (Å²) in [5.41, 5.74) is 0. The number of hydrogen-bond donors (Lipinski definition) is 0. The highest BCUT2D eigenvalue weighted by molar-refractivity contribution is 9.09. The first-order valence-electron chi connectivity index (χ1n) is 6.31. The molecule has 0 spiro atoms. The maximum atomic E-state index is 12.5. The molecule has 1 aromatic rings. The maximum absolute atomic E-state index is 12.5. The molecule has 1 aliphatic heterocycles. The second kappa shape index (κ2) is 6.12. The molecule has 1 unspecified atom stereocenters. The molecule has 0 amide bonds. The van der Waals surface area contributed by atoms with Crippen LogP contribution in [0.1, 0.15) is 19.8 Å². The molecule has 6 heteroatoms. The van der Waals surface area contributed by atoms with Crippen LogP contribution in [0.2, 0.25) is 5.02 Å². The van der Waals surface area contributed by atoms with Crippen molar-refractivity contribution in [1.82, 2.24) is 4.31 Å². The molecule has 19 heavy (non-hydrogen) atoms. The van der Waals surface area contributed by atoms with Gasteiger partial charge < -0.3 is 0 Å². The maximum Gasteiger partial charge on any atom is 0.243 e. The second-order valence-corrected chi connectivity index (χ2v) is 8.70. The summed E-state index contributed by atoms with van der Waals surface area (Å²) >= 11 is 9.44. The van der Waals surface area contributed by atoms with Crippen molar-refractivity contribution in [1.29, 1.82) is 0 Å². The summed E-state index contributed by atoms with van der Waals surface area (Å²) in [7, 11) is -3.40. The van der Waals surface area contributed by atoms with Crippen molar-refractivity contribution in [3.8, 4) is 0 Å². The van der Waals surface area contributed by atoms with E-state index in [1.54, 1.807) is 22.5 Å². The Hall–Kier alpha value is -0.100. The SMILES string of the molecule is CC(Br)C1CCN(S(=O)(=O)c2cccc(Cl)c2)CC1. The van der Waals surface area contributed by atoms with E-state index < -0.39 is 10.0 Å². The third kappa shape index (κ3) is 3.51. The van der Waals surface area contributed by atoms with Crippen molar-refractivity contribution < 1.29 is 8.42 Å². The van der Waals surface area contributed by atoms with Gasteiger partial charge in [-0.3, -0.25) is 0 Å². The van der Waals surface area contributed by atoms with Crippen LogP contribution in [0.5, 0.6) is 0 Å². The average Bonchev–Trinajstić information content (AvgIpc) is 2.39. The Morgan fingerprint density at radius 3 is 2.53 bits per heavy atom. The number of rotatable bonds is 3.